The van der Waals surface area contributed by atoms with E-state index in [1.165, 1.54) is 6.07 Å². The zero-order valence-corrected chi connectivity index (χ0v) is 10.1. The molecule has 0 radical (unpaired) electrons. The van der Waals surface area contributed by atoms with Gasteiger partial charge in [0.1, 0.15) is 5.76 Å². The van der Waals surface area contributed by atoms with Gasteiger partial charge in [-0.2, -0.15) is 4.98 Å². The van der Waals surface area contributed by atoms with E-state index in [-0.39, 0.29) is 5.56 Å². The Hall–Kier alpha value is -2.68. The maximum absolute atomic E-state index is 11.7. The van der Waals surface area contributed by atoms with Crippen molar-refractivity contribution in [2.24, 2.45) is 0 Å². The first-order valence-corrected chi connectivity index (χ1v) is 5.96. The fraction of sp³-hybridized carbons (Fsp3) is 0. The number of hydrogen-bond donors (Lipinski definition) is 0. The highest BCUT2D eigenvalue weighted by Gasteiger charge is 2.07. The molecule has 0 fully saturated rings. The Kier molecular flexibility index (Phi) is 2.94. The van der Waals surface area contributed by atoms with Crippen LogP contribution in [-0.2, 0) is 0 Å². The zero-order valence-electron chi connectivity index (χ0n) is 10.1. The van der Waals surface area contributed by atoms with E-state index in [0.29, 0.717) is 11.7 Å². The Morgan fingerprint density at radius 3 is 2.00 bits per heavy atom. The number of benzene rings is 2. The van der Waals surface area contributed by atoms with Crippen molar-refractivity contribution in [3.05, 3.63) is 77.1 Å². The molecule has 0 saturated heterocycles. The molecule has 92 valence electrons. The molecular weight excluding hydrogens is 238 g/mol. The van der Waals surface area contributed by atoms with E-state index in [4.69, 9.17) is 4.42 Å². The smallest absolute Gasteiger partial charge is 0.276 e. The second kappa shape index (κ2) is 4.90. The lowest BCUT2D eigenvalue weighted by Crippen LogP contribution is -2.05. The summed E-state index contributed by atoms with van der Waals surface area (Å²) in [6.45, 7) is 0. The Balaban J connectivity index is 2.15. The second-order valence-corrected chi connectivity index (χ2v) is 4.10. The fourth-order valence-corrected chi connectivity index (χ4v) is 1.85. The van der Waals surface area contributed by atoms with Crippen LogP contribution >= 0.6 is 0 Å². The monoisotopic (exact) mass is 249 g/mol. The molecule has 1 aromatic heterocycles. The molecule has 0 aliphatic rings. The summed E-state index contributed by atoms with van der Waals surface area (Å²) in [6.07, 6.45) is 0. The Bertz CT molecular complexity index is 673. The van der Waals surface area contributed by atoms with E-state index in [1.807, 2.05) is 60.7 Å². The van der Waals surface area contributed by atoms with Crippen molar-refractivity contribution in [1.82, 2.24) is 4.98 Å². The van der Waals surface area contributed by atoms with Crippen molar-refractivity contribution in [2.75, 3.05) is 0 Å². The summed E-state index contributed by atoms with van der Waals surface area (Å²) in [5.41, 5.74) is 1.35. The van der Waals surface area contributed by atoms with Crippen LogP contribution in [0.4, 0.5) is 0 Å². The van der Waals surface area contributed by atoms with Crippen molar-refractivity contribution in [1.29, 1.82) is 0 Å². The molecule has 0 aliphatic carbocycles. The minimum absolute atomic E-state index is 0.302. The third-order valence-electron chi connectivity index (χ3n) is 2.75. The molecule has 0 N–H and O–H groups in total. The minimum Gasteiger partial charge on any atom is -0.437 e. The van der Waals surface area contributed by atoms with Gasteiger partial charge in [-0.15, -0.1) is 0 Å². The molecule has 0 spiro atoms. The molecule has 0 atom stereocenters. The molecule has 0 unspecified atom stereocenters. The molecule has 3 heteroatoms. The lowest BCUT2D eigenvalue weighted by Gasteiger charge is -2.03. The first-order valence-electron chi connectivity index (χ1n) is 5.96. The van der Waals surface area contributed by atoms with E-state index >= 15 is 0 Å². The van der Waals surface area contributed by atoms with Gasteiger partial charge in [-0.25, -0.2) is 0 Å². The van der Waals surface area contributed by atoms with Crippen LogP contribution in [0.1, 0.15) is 0 Å². The van der Waals surface area contributed by atoms with Crippen molar-refractivity contribution >= 4 is 0 Å². The van der Waals surface area contributed by atoms with Crippen LogP contribution in [-0.4, -0.2) is 4.98 Å². The topological polar surface area (TPSA) is 43.1 Å². The SMILES string of the molecule is O=c1cc(-c2ccccc2)oc(-c2ccccc2)n1. The van der Waals surface area contributed by atoms with E-state index < -0.39 is 0 Å². The van der Waals surface area contributed by atoms with Gasteiger partial charge >= 0.3 is 0 Å². The molecule has 3 aromatic rings. The maximum Gasteiger partial charge on any atom is 0.276 e. The molecule has 0 amide bonds. The van der Waals surface area contributed by atoms with Gasteiger partial charge in [-0.1, -0.05) is 48.5 Å². The van der Waals surface area contributed by atoms with Crippen molar-refractivity contribution < 1.29 is 4.42 Å². The molecule has 3 nitrogen and oxygen atoms in total. The van der Waals surface area contributed by atoms with Crippen LogP contribution in [0.15, 0.2) is 75.9 Å². The van der Waals surface area contributed by atoms with Crippen molar-refractivity contribution in [2.45, 2.75) is 0 Å². The van der Waals surface area contributed by atoms with E-state index in [9.17, 15) is 4.79 Å². The average molecular weight is 249 g/mol. The summed E-state index contributed by atoms with van der Waals surface area (Å²) in [5.74, 6) is 0.867. The summed E-state index contributed by atoms with van der Waals surface area (Å²) in [7, 11) is 0. The summed E-state index contributed by atoms with van der Waals surface area (Å²) >= 11 is 0. The molecule has 19 heavy (non-hydrogen) atoms. The van der Waals surface area contributed by atoms with Gasteiger partial charge in [-0.3, -0.25) is 4.79 Å². The van der Waals surface area contributed by atoms with E-state index in [1.54, 1.807) is 0 Å². The number of nitrogens with zero attached hydrogens (tertiary/aromatic N) is 1. The summed E-state index contributed by atoms with van der Waals surface area (Å²) in [6, 6.07) is 20.3. The molecule has 0 bridgehead atoms. The van der Waals surface area contributed by atoms with Crippen LogP contribution in [0.25, 0.3) is 22.8 Å². The molecule has 1 heterocycles. The van der Waals surface area contributed by atoms with Crippen molar-refractivity contribution in [3.8, 4) is 22.8 Å². The lowest BCUT2D eigenvalue weighted by atomic mass is 10.1. The van der Waals surface area contributed by atoms with Crippen LogP contribution < -0.4 is 5.56 Å². The van der Waals surface area contributed by atoms with Crippen LogP contribution in [0.5, 0.6) is 0 Å². The van der Waals surface area contributed by atoms with Crippen LogP contribution in [0.3, 0.4) is 0 Å². The quantitative estimate of drug-likeness (QED) is 0.699. The van der Waals surface area contributed by atoms with Gasteiger partial charge in [0.05, 0.1) is 0 Å². The normalized spacial score (nSPS) is 10.3. The summed E-state index contributed by atoms with van der Waals surface area (Å²) in [4.78, 5) is 15.6. The number of aromatic nitrogens is 1. The highest BCUT2D eigenvalue weighted by molar-refractivity contribution is 5.59. The predicted octanol–water partition coefficient (Wildman–Crippen LogP) is 3.37. The molecule has 2 aromatic carbocycles. The van der Waals surface area contributed by atoms with Gasteiger partial charge in [0.15, 0.2) is 0 Å². The Morgan fingerprint density at radius 1 is 0.789 bits per heavy atom. The third kappa shape index (κ3) is 2.45. The second-order valence-electron chi connectivity index (χ2n) is 4.10. The van der Waals surface area contributed by atoms with Crippen molar-refractivity contribution in [3.63, 3.8) is 0 Å². The molecule has 3 rings (SSSR count). The predicted molar refractivity (Wildman–Crippen MR) is 73.6 cm³/mol. The Morgan fingerprint density at radius 2 is 1.37 bits per heavy atom. The van der Waals surface area contributed by atoms with E-state index in [2.05, 4.69) is 4.98 Å². The van der Waals surface area contributed by atoms with Gasteiger partial charge in [0, 0.05) is 17.2 Å². The highest BCUT2D eigenvalue weighted by atomic mass is 16.3. The average Bonchev–Trinajstić information content (AvgIpc) is 2.48. The number of hydrogen-bond acceptors (Lipinski definition) is 3. The molecule has 0 aliphatic heterocycles. The van der Waals surface area contributed by atoms with Crippen LogP contribution in [0.2, 0.25) is 0 Å². The molecular formula is C16H11NO2. The maximum atomic E-state index is 11.7. The van der Waals surface area contributed by atoms with Crippen LogP contribution in [0, 0.1) is 0 Å². The zero-order chi connectivity index (χ0) is 13.1. The fourth-order valence-electron chi connectivity index (χ4n) is 1.85. The summed E-state index contributed by atoms with van der Waals surface area (Å²) in [5, 5.41) is 0. The lowest BCUT2D eigenvalue weighted by molar-refractivity contribution is 0.557. The largest absolute Gasteiger partial charge is 0.437 e. The summed E-state index contributed by atoms with van der Waals surface area (Å²) < 4.78 is 5.72. The third-order valence-corrected chi connectivity index (χ3v) is 2.75. The van der Waals surface area contributed by atoms with Gasteiger partial charge in [0.25, 0.3) is 5.56 Å². The first kappa shape index (κ1) is 11.4. The van der Waals surface area contributed by atoms with Gasteiger partial charge < -0.3 is 4.42 Å². The van der Waals surface area contributed by atoms with Gasteiger partial charge in [0.2, 0.25) is 5.89 Å². The Labute approximate surface area is 110 Å². The van der Waals surface area contributed by atoms with Gasteiger partial charge in [-0.05, 0) is 12.1 Å². The van der Waals surface area contributed by atoms with E-state index in [0.717, 1.165) is 11.1 Å². The molecule has 0 saturated carbocycles. The number of rotatable bonds is 2. The highest BCUT2D eigenvalue weighted by Crippen LogP contribution is 2.22. The first-order chi connectivity index (χ1) is 9.33. The minimum atomic E-state index is -0.302. The standard InChI is InChI=1S/C16H11NO2/c18-15-11-14(12-7-3-1-4-8-12)19-16(17-15)13-9-5-2-6-10-13/h1-11H.